The third-order valence-corrected chi connectivity index (χ3v) is 2.76. The quantitative estimate of drug-likeness (QED) is 0.628. The Bertz CT molecular complexity index is 393. The summed E-state index contributed by atoms with van der Waals surface area (Å²) in [6.07, 6.45) is 1.43. The van der Waals surface area contributed by atoms with E-state index in [0.717, 1.165) is 0 Å². The van der Waals surface area contributed by atoms with E-state index < -0.39 is 11.0 Å². The van der Waals surface area contributed by atoms with Crippen LogP contribution in [-0.4, -0.2) is 21.1 Å². The van der Waals surface area contributed by atoms with E-state index in [1.165, 1.54) is 6.20 Å². The Labute approximate surface area is 94.3 Å². The third-order valence-electron chi connectivity index (χ3n) is 2.76. The van der Waals surface area contributed by atoms with Crippen molar-refractivity contribution >= 4 is 5.69 Å². The molecule has 2 atom stereocenters. The van der Waals surface area contributed by atoms with Gasteiger partial charge >= 0.3 is 0 Å². The number of aromatic nitrogens is 1. The second-order valence-electron chi connectivity index (χ2n) is 3.92. The van der Waals surface area contributed by atoms with Crippen LogP contribution in [0.5, 0.6) is 0 Å². The van der Waals surface area contributed by atoms with Crippen LogP contribution in [0.2, 0.25) is 0 Å². The molecule has 16 heavy (non-hydrogen) atoms. The van der Waals surface area contributed by atoms with E-state index in [4.69, 9.17) is 0 Å². The first kappa shape index (κ1) is 12.6. The number of aliphatic hydroxyl groups excluding tert-OH is 1. The molecule has 0 fully saturated rings. The van der Waals surface area contributed by atoms with E-state index >= 15 is 0 Å². The van der Waals surface area contributed by atoms with Gasteiger partial charge < -0.3 is 5.11 Å². The number of aliphatic hydroxyl groups is 1. The molecule has 0 radical (unpaired) electrons. The molecule has 88 valence electrons. The number of hydrogen-bond donors (Lipinski definition) is 1. The fourth-order valence-electron chi connectivity index (χ4n) is 1.56. The normalized spacial score (nSPS) is 14.5. The number of hydrogen-bond acceptors (Lipinski definition) is 4. The van der Waals surface area contributed by atoms with Crippen LogP contribution >= 0.6 is 0 Å². The van der Waals surface area contributed by atoms with Crippen LogP contribution < -0.4 is 0 Å². The van der Waals surface area contributed by atoms with Crippen molar-refractivity contribution in [1.82, 2.24) is 4.98 Å². The van der Waals surface area contributed by atoms with E-state index in [1.807, 2.05) is 13.8 Å². The molecule has 0 amide bonds. The molecule has 0 saturated carbocycles. The van der Waals surface area contributed by atoms with Crippen LogP contribution in [0.3, 0.4) is 0 Å². The lowest BCUT2D eigenvalue weighted by Crippen LogP contribution is -2.15. The summed E-state index contributed by atoms with van der Waals surface area (Å²) < 4.78 is 0. The monoisotopic (exact) mass is 224 g/mol. The van der Waals surface area contributed by atoms with Crippen molar-refractivity contribution in [3.05, 3.63) is 33.6 Å². The van der Waals surface area contributed by atoms with E-state index in [0.29, 0.717) is 17.7 Å². The van der Waals surface area contributed by atoms with Gasteiger partial charge in [-0.05, 0) is 19.4 Å². The van der Waals surface area contributed by atoms with E-state index in [9.17, 15) is 15.2 Å². The van der Waals surface area contributed by atoms with Crippen molar-refractivity contribution in [3.63, 3.8) is 0 Å². The predicted molar refractivity (Wildman–Crippen MR) is 60.3 cm³/mol. The molecule has 1 aromatic rings. The summed E-state index contributed by atoms with van der Waals surface area (Å²) in [7, 11) is 0. The molecule has 5 nitrogen and oxygen atoms in total. The highest BCUT2D eigenvalue weighted by Gasteiger charge is 2.19. The number of rotatable bonds is 4. The Balaban J connectivity index is 3.01. The Hall–Kier alpha value is -1.49. The van der Waals surface area contributed by atoms with Gasteiger partial charge in [-0.25, -0.2) is 0 Å². The van der Waals surface area contributed by atoms with Gasteiger partial charge in [-0.2, -0.15) is 0 Å². The van der Waals surface area contributed by atoms with Gasteiger partial charge in [0.15, 0.2) is 0 Å². The minimum absolute atomic E-state index is 0.0157. The molecule has 0 aliphatic rings. The highest BCUT2D eigenvalue weighted by molar-refractivity contribution is 5.38. The second-order valence-corrected chi connectivity index (χ2v) is 3.92. The SMILES string of the molecule is CCC(O)C(C)c1cc(C)c([N+](=O)[O-])cn1. The lowest BCUT2D eigenvalue weighted by atomic mass is 9.97. The molecule has 0 aliphatic carbocycles. The number of pyridine rings is 1. The van der Waals surface area contributed by atoms with Crippen LogP contribution in [0, 0.1) is 17.0 Å². The summed E-state index contributed by atoms with van der Waals surface area (Å²) >= 11 is 0. The van der Waals surface area contributed by atoms with Crippen LogP contribution in [-0.2, 0) is 0 Å². The summed E-state index contributed by atoms with van der Waals surface area (Å²) in [6.45, 7) is 5.43. The lowest BCUT2D eigenvalue weighted by Gasteiger charge is -2.16. The largest absolute Gasteiger partial charge is 0.392 e. The number of aryl methyl sites for hydroxylation is 1. The van der Waals surface area contributed by atoms with Crippen molar-refractivity contribution in [1.29, 1.82) is 0 Å². The molecule has 0 aromatic carbocycles. The molecule has 1 rings (SSSR count). The van der Waals surface area contributed by atoms with E-state index in [-0.39, 0.29) is 11.6 Å². The molecular weight excluding hydrogens is 208 g/mol. The molecule has 5 heteroatoms. The molecule has 0 bridgehead atoms. The average Bonchev–Trinajstić information content (AvgIpc) is 2.26. The average molecular weight is 224 g/mol. The summed E-state index contributed by atoms with van der Waals surface area (Å²) in [6, 6.07) is 1.67. The fourth-order valence-corrected chi connectivity index (χ4v) is 1.56. The van der Waals surface area contributed by atoms with Gasteiger partial charge in [0.05, 0.1) is 11.0 Å². The second kappa shape index (κ2) is 5.03. The first-order valence-corrected chi connectivity index (χ1v) is 5.26. The Morgan fingerprint density at radius 1 is 1.62 bits per heavy atom. The zero-order valence-corrected chi connectivity index (χ0v) is 9.67. The topological polar surface area (TPSA) is 76.3 Å². The number of nitrogens with zero attached hydrogens (tertiary/aromatic N) is 2. The fraction of sp³-hybridized carbons (Fsp3) is 0.545. The van der Waals surface area contributed by atoms with Gasteiger partial charge in [0, 0.05) is 17.2 Å². The van der Waals surface area contributed by atoms with Gasteiger partial charge in [0.25, 0.3) is 5.69 Å². The highest BCUT2D eigenvalue weighted by atomic mass is 16.6. The maximum Gasteiger partial charge on any atom is 0.290 e. The minimum atomic E-state index is -0.464. The maximum atomic E-state index is 10.6. The van der Waals surface area contributed by atoms with Crippen molar-refractivity contribution in [3.8, 4) is 0 Å². The smallest absolute Gasteiger partial charge is 0.290 e. The van der Waals surface area contributed by atoms with Gasteiger partial charge in [-0.15, -0.1) is 0 Å². The molecule has 0 aliphatic heterocycles. The molecule has 0 spiro atoms. The summed E-state index contributed by atoms with van der Waals surface area (Å²) in [5.41, 5.74) is 1.28. The van der Waals surface area contributed by atoms with Gasteiger partial charge in [-0.3, -0.25) is 15.1 Å². The minimum Gasteiger partial charge on any atom is -0.392 e. The predicted octanol–water partition coefficient (Wildman–Crippen LogP) is 2.17. The van der Waals surface area contributed by atoms with Crippen molar-refractivity contribution in [2.75, 3.05) is 0 Å². The zero-order valence-electron chi connectivity index (χ0n) is 9.67. The molecular formula is C11H16N2O3. The Morgan fingerprint density at radius 2 is 2.25 bits per heavy atom. The zero-order chi connectivity index (χ0) is 12.3. The third kappa shape index (κ3) is 2.55. The van der Waals surface area contributed by atoms with Crippen LogP contribution in [0.25, 0.3) is 0 Å². The Kier molecular flexibility index (Phi) is 3.95. The molecule has 1 N–H and O–H groups in total. The first-order valence-electron chi connectivity index (χ1n) is 5.26. The van der Waals surface area contributed by atoms with Crippen LogP contribution in [0.15, 0.2) is 12.3 Å². The van der Waals surface area contributed by atoms with Crippen molar-refractivity contribution in [2.45, 2.75) is 39.2 Å². The van der Waals surface area contributed by atoms with Crippen LogP contribution in [0.4, 0.5) is 5.69 Å². The van der Waals surface area contributed by atoms with Crippen LogP contribution in [0.1, 0.15) is 37.4 Å². The summed E-state index contributed by atoms with van der Waals surface area (Å²) in [5.74, 6) is -0.107. The molecule has 2 unspecified atom stereocenters. The lowest BCUT2D eigenvalue weighted by molar-refractivity contribution is -0.385. The summed E-state index contributed by atoms with van der Waals surface area (Å²) in [5, 5.41) is 20.3. The van der Waals surface area contributed by atoms with Gasteiger partial charge in [0.1, 0.15) is 6.20 Å². The van der Waals surface area contributed by atoms with Gasteiger partial charge in [0.2, 0.25) is 0 Å². The molecule has 1 aromatic heterocycles. The standard InChI is InChI=1S/C11H16N2O3/c1-4-11(14)8(3)9-5-7(2)10(6-12-9)13(15)16/h5-6,8,11,14H,4H2,1-3H3. The highest BCUT2D eigenvalue weighted by Crippen LogP contribution is 2.23. The summed E-state index contributed by atoms with van der Waals surface area (Å²) in [4.78, 5) is 14.2. The molecule has 1 heterocycles. The maximum absolute atomic E-state index is 10.6. The van der Waals surface area contributed by atoms with Crippen molar-refractivity contribution in [2.24, 2.45) is 0 Å². The Morgan fingerprint density at radius 3 is 2.69 bits per heavy atom. The van der Waals surface area contributed by atoms with Crippen molar-refractivity contribution < 1.29 is 10.0 Å². The van der Waals surface area contributed by atoms with E-state index in [2.05, 4.69) is 4.98 Å². The van der Waals surface area contributed by atoms with E-state index in [1.54, 1.807) is 13.0 Å². The number of nitro groups is 1. The molecule has 0 saturated heterocycles. The van der Waals surface area contributed by atoms with Gasteiger partial charge in [-0.1, -0.05) is 13.8 Å². The first-order chi connectivity index (χ1) is 7.47.